The van der Waals surface area contributed by atoms with Gasteiger partial charge in [0.15, 0.2) is 5.11 Å². The molecule has 6 heteroatoms. The number of aromatic nitrogens is 1. The Balaban J connectivity index is 1.62. The first kappa shape index (κ1) is 22.7. The zero-order chi connectivity index (χ0) is 23.4. The molecule has 0 amide bonds. The molecule has 2 N–H and O–H groups in total. The third-order valence-electron chi connectivity index (χ3n) is 5.65. The van der Waals surface area contributed by atoms with E-state index < -0.39 is 0 Å². The number of hydrogen-bond acceptors (Lipinski definition) is 2. The highest BCUT2D eigenvalue weighted by molar-refractivity contribution is 7.80. The lowest BCUT2D eigenvalue weighted by atomic mass is 10.1. The highest BCUT2D eigenvalue weighted by Gasteiger charge is 2.16. The van der Waals surface area contributed by atoms with E-state index in [-0.39, 0.29) is 17.4 Å². The second-order valence-corrected chi connectivity index (χ2v) is 8.67. The molecule has 33 heavy (non-hydrogen) atoms. The number of nitrogens with zero attached hydrogens (tertiary/aromatic N) is 1. The molecule has 4 rings (SSSR count). The second-order valence-electron chi connectivity index (χ2n) is 8.28. The van der Waals surface area contributed by atoms with Crippen LogP contribution in [0.15, 0.2) is 83.7 Å². The Kier molecular flexibility index (Phi) is 6.84. The van der Waals surface area contributed by atoms with Crippen molar-refractivity contribution in [3.63, 3.8) is 0 Å². The number of aryl methyl sites for hydroxylation is 1. The van der Waals surface area contributed by atoms with E-state index in [4.69, 9.17) is 12.2 Å². The minimum atomic E-state index is -0.287. The van der Waals surface area contributed by atoms with Crippen molar-refractivity contribution >= 4 is 28.2 Å². The second kappa shape index (κ2) is 9.96. The molecule has 1 heterocycles. The monoisotopic (exact) mass is 459 g/mol. The van der Waals surface area contributed by atoms with Gasteiger partial charge in [-0.1, -0.05) is 54.6 Å². The van der Waals surface area contributed by atoms with E-state index in [1.807, 2.05) is 73.3 Å². The van der Waals surface area contributed by atoms with Gasteiger partial charge in [0, 0.05) is 17.6 Å². The topological polar surface area (TPSA) is 48.1 Å². The van der Waals surface area contributed by atoms with Gasteiger partial charge >= 0.3 is 0 Å². The van der Waals surface area contributed by atoms with E-state index in [1.54, 1.807) is 12.1 Å². The van der Waals surface area contributed by atoms with Crippen LogP contribution >= 0.6 is 12.2 Å². The van der Waals surface area contributed by atoms with Gasteiger partial charge in [-0.15, -0.1) is 0 Å². The van der Waals surface area contributed by atoms with Gasteiger partial charge in [-0.2, -0.15) is 0 Å². The molecular weight excluding hydrogens is 433 g/mol. The number of fused-ring (bicyclic) bond motifs is 1. The quantitative estimate of drug-likeness (QED) is 0.368. The molecule has 0 bridgehead atoms. The Hall–Kier alpha value is -3.51. The van der Waals surface area contributed by atoms with Crippen molar-refractivity contribution in [1.82, 2.24) is 15.2 Å². The lowest BCUT2D eigenvalue weighted by Gasteiger charge is -2.28. The van der Waals surface area contributed by atoms with E-state index in [0.717, 1.165) is 27.6 Å². The first-order valence-corrected chi connectivity index (χ1v) is 11.3. The molecule has 0 unspecified atom stereocenters. The average Bonchev–Trinajstić information content (AvgIpc) is 2.81. The van der Waals surface area contributed by atoms with E-state index in [9.17, 15) is 9.18 Å². The van der Waals surface area contributed by atoms with E-state index in [0.29, 0.717) is 23.8 Å². The number of aromatic amines is 1. The molecule has 4 aromatic rings. The summed E-state index contributed by atoms with van der Waals surface area (Å²) in [5.74, 6) is -0.287. The van der Waals surface area contributed by atoms with Crippen LogP contribution in [0, 0.1) is 12.7 Å². The molecular formula is C27H26FN3OS. The van der Waals surface area contributed by atoms with Gasteiger partial charge in [-0.3, -0.25) is 4.79 Å². The molecule has 0 saturated heterocycles. The molecule has 0 aliphatic carbocycles. The van der Waals surface area contributed by atoms with Crippen molar-refractivity contribution in [2.24, 2.45) is 0 Å². The number of benzene rings is 3. The summed E-state index contributed by atoms with van der Waals surface area (Å²) in [6.07, 6.45) is 0. The fourth-order valence-electron chi connectivity index (χ4n) is 3.79. The van der Waals surface area contributed by atoms with Gasteiger partial charge in [0.1, 0.15) is 5.82 Å². The first-order valence-electron chi connectivity index (χ1n) is 10.9. The summed E-state index contributed by atoms with van der Waals surface area (Å²) in [6.45, 7) is 4.81. The molecule has 1 aromatic heterocycles. The molecule has 3 aromatic carbocycles. The molecule has 0 radical (unpaired) electrons. The highest BCUT2D eigenvalue weighted by atomic mass is 32.1. The van der Waals surface area contributed by atoms with Crippen molar-refractivity contribution in [1.29, 1.82) is 0 Å². The van der Waals surface area contributed by atoms with Gasteiger partial charge in [-0.05, 0) is 72.4 Å². The van der Waals surface area contributed by atoms with E-state index in [1.165, 1.54) is 12.1 Å². The van der Waals surface area contributed by atoms with Crippen molar-refractivity contribution < 1.29 is 4.39 Å². The van der Waals surface area contributed by atoms with Crippen LogP contribution in [0.4, 0.5) is 4.39 Å². The summed E-state index contributed by atoms with van der Waals surface area (Å²) in [5, 5.41) is 4.88. The third kappa shape index (κ3) is 5.65. The minimum Gasteiger partial charge on any atom is -0.356 e. The van der Waals surface area contributed by atoms with Crippen LogP contribution in [0.1, 0.15) is 35.2 Å². The van der Waals surface area contributed by atoms with Crippen LogP contribution in [0.3, 0.4) is 0 Å². The lowest BCUT2D eigenvalue weighted by molar-refractivity contribution is 0.392. The number of pyridine rings is 1. The Morgan fingerprint density at radius 2 is 1.76 bits per heavy atom. The molecule has 1 atom stereocenters. The maximum absolute atomic E-state index is 13.4. The maximum Gasteiger partial charge on any atom is 0.253 e. The summed E-state index contributed by atoms with van der Waals surface area (Å²) >= 11 is 5.76. The van der Waals surface area contributed by atoms with E-state index >= 15 is 0 Å². The third-order valence-corrected chi connectivity index (χ3v) is 6.03. The number of nitrogens with one attached hydrogen (secondary N) is 2. The maximum atomic E-state index is 13.4. The predicted molar refractivity (Wildman–Crippen MR) is 136 cm³/mol. The Bertz CT molecular complexity index is 1320. The molecule has 0 aliphatic heterocycles. The fraction of sp³-hybridized carbons (Fsp3) is 0.185. The van der Waals surface area contributed by atoms with Gasteiger partial charge in [0.05, 0.1) is 12.6 Å². The number of thiocarbonyl (C=S) groups is 1. The highest BCUT2D eigenvalue weighted by Crippen LogP contribution is 2.17. The molecule has 4 nitrogen and oxygen atoms in total. The first-order chi connectivity index (χ1) is 15.9. The van der Waals surface area contributed by atoms with Gasteiger partial charge in [-0.25, -0.2) is 4.39 Å². The van der Waals surface area contributed by atoms with E-state index in [2.05, 4.69) is 10.3 Å². The number of hydrogen-bond donors (Lipinski definition) is 2. The molecule has 0 fully saturated rings. The summed E-state index contributed by atoms with van der Waals surface area (Å²) in [6, 6.07) is 24.3. The van der Waals surface area contributed by atoms with Gasteiger partial charge < -0.3 is 15.2 Å². The average molecular weight is 460 g/mol. The summed E-state index contributed by atoms with van der Waals surface area (Å²) in [4.78, 5) is 17.8. The standard InChI is InChI=1S/C27H26FN3OS/c1-18-8-11-22-15-23(26(32)30-25(22)14-18)17-31(16-20-9-12-24(28)13-10-20)27(33)29-19(2)21-6-4-3-5-7-21/h3-15,19H,16-17H2,1-2H3,(H,29,33)(H,30,32)/t19-/m1/s1. The fourth-order valence-corrected chi connectivity index (χ4v) is 4.10. The zero-order valence-corrected chi connectivity index (χ0v) is 19.5. The SMILES string of the molecule is Cc1ccc2cc(CN(Cc3ccc(F)cc3)C(=S)N[C@H](C)c3ccccc3)c(=O)[nH]c2c1. The predicted octanol–water partition coefficient (Wildman–Crippen LogP) is 5.61. The van der Waals surface area contributed by atoms with Crippen molar-refractivity contribution in [2.45, 2.75) is 33.0 Å². The van der Waals surface area contributed by atoms with Gasteiger partial charge in [0.25, 0.3) is 5.56 Å². The Labute approximate surface area is 198 Å². The largest absolute Gasteiger partial charge is 0.356 e. The summed E-state index contributed by atoms with van der Waals surface area (Å²) in [5.41, 5.74) is 4.39. The number of H-pyrrole nitrogens is 1. The van der Waals surface area contributed by atoms with Crippen LogP contribution in [0.5, 0.6) is 0 Å². The normalized spacial score (nSPS) is 11.8. The summed E-state index contributed by atoms with van der Waals surface area (Å²) < 4.78 is 13.4. The zero-order valence-electron chi connectivity index (χ0n) is 18.6. The molecule has 0 spiro atoms. The van der Waals surface area contributed by atoms with Crippen LogP contribution in [0.2, 0.25) is 0 Å². The molecule has 0 saturated carbocycles. The number of halogens is 1. The lowest BCUT2D eigenvalue weighted by Crippen LogP contribution is -2.41. The smallest absolute Gasteiger partial charge is 0.253 e. The summed E-state index contributed by atoms with van der Waals surface area (Å²) in [7, 11) is 0. The molecule has 0 aliphatic rings. The minimum absolute atomic E-state index is 0.00715. The van der Waals surface area contributed by atoms with Crippen molar-refractivity contribution in [3.8, 4) is 0 Å². The Morgan fingerprint density at radius 3 is 2.48 bits per heavy atom. The van der Waals surface area contributed by atoms with Crippen molar-refractivity contribution in [3.05, 3.63) is 117 Å². The van der Waals surface area contributed by atoms with Gasteiger partial charge in [0.2, 0.25) is 0 Å². The number of rotatable bonds is 6. The molecule has 168 valence electrons. The van der Waals surface area contributed by atoms with Crippen LogP contribution in [-0.4, -0.2) is 15.0 Å². The Morgan fingerprint density at radius 1 is 1.03 bits per heavy atom. The van der Waals surface area contributed by atoms with Crippen molar-refractivity contribution in [2.75, 3.05) is 0 Å². The van der Waals surface area contributed by atoms with Crippen LogP contribution < -0.4 is 10.9 Å². The van der Waals surface area contributed by atoms with Crippen LogP contribution in [-0.2, 0) is 13.1 Å². The van der Waals surface area contributed by atoms with Crippen LogP contribution in [0.25, 0.3) is 10.9 Å².